The van der Waals surface area contributed by atoms with Gasteiger partial charge in [-0.2, -0.15) is 0 Å². The van der Waals surface area contributed by atoms with E-state index in [1.54, 1.807) is 0 Å². The molecule has 0 aromatic heterocycles. The molecular formula is C8H11NO5. The van der Waals surface area contributed by atoms with Gasteiger partial charge in [-0.15, -0.1) is 0 Å². The summed E-state index contributed by atoms with van der Waals surface area (Å²) in [6.07, 6.45) is 0.818. The van der Waals surface area contributed by atoms with Crippen LogP contribution in [0.25, 0.3) is 0 Å². The lowest BCUT2D eigenvalue weighted by Gasteiger charge is -2.03. The third kappa shape index (κ3) is 2.89. The zero-order valence-electron chi connectivity index (χ0n) is 8.10. The highest BCUT2D eigenvalue weighted by atomic mass is 16.5. The second-order valence-corrected chi connectivity index (χ2v) is 2.27. The largest absolute Gasteiger partial charge is 0.466 e. The third-order valence-electron chi connectivity index (χ3n) is 1.49. The maximum absolute atomic E-state index is 11.1. The summed E-state index contributed by atoms with van der Waals surface area (Å²) in [6.45, 7) is 1.36. The van der Waals surface area contributed by atoms with Crippen LogP contribution in [-0.4, -0.2) is 37.6 Å². The molecule has 0 aromatic rings. The van der Waals surface area contributed by atoms with Crippen molar-refractivity contribution in [2.45, 2.75) is 6.92 Å². The maximum Gasteiger partial charge on any atom is 0.340 e. The monoisotopic (exact) mass is 201 g/mol. The smallest absolute Gasteiger partial charge is 0.340 e. The SMILES string of the molecule is COC(=O)/C(C)=C(/C=N/O)C(=O)OC. The highest BCUT2D eigenvalue weighted by Crippen LogP contribution is 2.05. The fraction of sp³-hybridized carbons (Fsp3) is 0.375. The number of nitrogens with zero attached hydrogens (tertiary/aromatic N) is 1. The molecule has 1 N–H and O–H groups in total. The van der Waals surface area contributed by atoms with E-state index < -0.39 is 11.9 Å². The summed E-state index contributed by atoms with van der Waals surface area (Å²) in [5.41, 5.74) is -0.140. The van der Waals surface area contributed by atoms with E-state index in [1.807, 2.05) is 0 Å². The summed E-state index contributed by atoms with van der Waals surface area (Å²) < 4.78 is 8.76. The van der Waals surface area contributed by atoms with E-state index in [9.17, 15) is 9.59 Å². The van der Waals surface area contributed by atoms with E-state index in [-0.39, 0.29) is 11.1 Å². The van der Waals surface area contributed by atoms with Crippen molar-refractivity contribution in [1.29, 1.82) is 0 Å². The standard InChI is InChI=1S/C8H11NO5/c1-5(7(10)13-2)6(4-9-12)8(11)14-3/h4,12H,1-3H3/b6-5-,9-4+. The molecule has 6 heteroatoms. The molecule has 0 aromatic carbocycles. The number of methoxy groups -OCH3 is 2. The second kappa shape index (κ2) is 5.74. The van der Waals surface area contributed by atoms with Crippen LogP contribution < -0.4 is 0 Å². The number of oxime groups is 1. The Morgan fingerprint density at radius 2 is 1.71 bits per heavy atom. The highest BCUT2D eigenvalue weighted by Gasteiger charge is 2.16. The van der Waals surface area contributed by atoms with E-state index >= 15 is 0 Å². The van der Waals surface area contributed by atoms with E-state index in [1.165, 1.54) is 14.0 Å². The van der Waals surface area contributed by atoms with Crippen molar-refractivity contribution >= 4 is 18.2 Å². The minimum absolute atomic E-state index is 0.0113. The van der Waals surface area contributed by atoms with Crippen LogP contribution in [0, 0.1) is 0 Å². The summed E-state index contributed by atoms with van der Waals surface area (Å²) in [4.78, 5) is 22.1. The van der Waals surface area contributed by atoms with E-state index in [0.717, 1.165) is 13.3 Å². The molecule has 0 rings (SSSR count). The molecule has 0 aliphatic carbocycles. The van der Waals surface area contributed by atoms with Gasteiger partial charge in [0.05, 0.1) is 31.6 Å². The van der Waals surface area contributed by atoms with Gasteiger partial charge in [-0.05, 0) is 6.92 Å². The van der Waals surface area contributed by atoms with Gasteiger partial charge >= 0.3 is 11.9 Å². The molecule has 0 fully saturated rings. The number of carbonyl (C=O) groups is 2. The fourth-order valence-electron chi connectivity index (χ4n) is 0.733. The Morgan fingerprint density at radius 3 is 2.07 bits per heavy atom. The molecule has 6 nitrogen and oxygen atoms in total. The number of hydrogen-bond donors (Lipinski definition) is 1. The Morgan fingerprint density at radius 1 is 1.21 bits per heavy atom. The first-order valence-electron chi connectivity index (χ1n) is 3.63. The summed E-state index contributed by atoms with van der Waals surface area (Å²) in [7, 11) is 2.33. The van der Waals surface area contributed by atoms with Crippen molar-refractivity contribution in [1.82, 2.24) is 0 Å². The van der Waals surface area contributed by atoms with Crippen LogP contribution in [0.3, 0.4) is 0 Å². The number of hydrogen-bond acceptors (Lipinski definition) is 6. The van der Waals surface area contributed by atoms with E-state index in [2.05, 4.69) is 14.6 Å². The van der Waals surface area contributed by atoms with E-state index in [4.69, 9.17) is 5.21 Å². The molecule has 0 aliphatic rings. The molecule has 0 bridgehead atoms. The van der Waals surface area contributed by atoms with Gasteiger partial charge in [0.15, 0.2) is 0 Å². The lowest BCUT2D eigenvalue weighted by Crippen LogP contribution is -2.13. The highest BCUT2D eigenvalue weighted by molar-refractivity contribution is 6.14. The molecule has 0 radical (unpaired) electrons. The van der Waals surface area contributed by atoms with Crippen molar-refractivity contribution in [3.63, 3.8) is 0 Å². The zero-order chi connectivity index (χ0) is 11.1. The van der Waals surface area contributed by atoms with Gasteiger partial charge in [0.1, 0.15) is 0 Å². The van der Waals surface area contributed by atoms with Gasteiger partial charge in [-0.25, -0.2) is 9.59 Å². The molecule has 0 saturated carbocycles. The predicted octanol–water partition coefficient (Wildman–Crippen LogP) is 0.109. The molecule has 0 heterocycles. The number of ether oxygens (including phenoxy) is 2. The van der Waals surface area contributed by atoms with Crippen molar-refractivity contribution in [3.8, 4) is 0 Å². The van der Waals surface area contributed by atoms with Crippen molar-refractivity contribution in [3.05, 3.63) is 11.1 Å². The van der Waals surface area contributed by atoms with E-state index in [0.29, 0.717) is 0 Å². The van der Waals surface area contributed by atoms with Crippen LogP contribution in [0.2, 0.25) is 0 Å². The van der Waals surface area contributed by atoms with Crippen LogP contribution in [0.15, 0.2) is 16.3 Å². The lowest BCUT2D eigenvalue weighted by atomic mass is 10.1. The van der Waals surface area contributed by atoms with Crippen molar-refractivity contribution < 1.29 is 24.3 Å². The molecule has 0 amide bonds. The molecule has 0 spiro atoms. The Bertz CT molecular complexity index is 292. The Balaban J connectivity index is 5.15. The summed E-state index contributed by atoms with van der Waals surface area (Å²) in [5, 5.41) is 10.9. The summed E-state index contributed by atoms with van der Waals surface area (Å²) in [6, 6.07) is 0. The Kier molecular flexibility index (Phi) is 4.98. The normalized spacial score (nSPS) is 12.2. The molecule has 0 aliphatic heterocycles. The zero-order valence-corrected chi connectivity index (χ0v) is 8.10. The van der Waals surface area contributed by atoms with Gasteiger partial charge < -0.3 is 14.7 Å². The molecule has 0 saturated heterocycles. The third-order valence-corrected chi connectivity index (χ3v) is 1.49. The quantitative estimate of drug-likeness (QED) is 0.230. The molecule has 14 heavy (non-hydrogen) atoms. The average Bonchev–Trinajstić information content (AvgIpc) is 2.22. The van der Waals surface area contributed by atoms with Crippen LogP contribution in [0.4, 0.5) is 0 Å². The van der Waals surface area contributed by atoms with Crippen LogP contribution >= 0.6 is 0 Å². The lowest BCUT2D eigenvalue weighted by molar-refractivity contribution is -0.138. The van der Waals surface area contributed by atoms with Gasteiger partial charge in [-0.1, -0.05) is 5.16 Å². The minimum Gasteiger partial charge on any atom is -0.466 e. The first kappa shape index (κ1) is 12.2. The minimum atomic E-state index is -0.773. The topological polar surface area (TPSA) is 85.2 Å². The molecule has 0 unspecified atom stereocenters. The van der Waals surface area contributed by atoms with Gasteiger partial charge in [0.25, 0.3) is 0 Å². The molecule has 78 valence electrons. The fourth-order valence-corrected chi connectivity index (χ4v) is 0.733. The summed E-state index contributed by atoms with van der Waals surface area (Å²) >= 11 is 0. The van der Waals surface area contributed by atoms with Crippen LogP contribution in [-0.2, 0) is 19.1 Å². The first-order valence-corrected chi connectivity index (χ1v) is 3.63. The van der Waals surface area contributed by atoms with Crippen LogP contribution in [0.1, 0.15) is 6.92 Å². The first-order chi connectivity index (χ1) is 6.58. The maximum atomic E-state index is 11.1. The summed E-state index contributed by atoms with van der Waals surface area (Å²) in [5.74, 6) is -1.46. The number of esters is 2. The second-order valence-electron chi connectivity index (χ2n) is 2.27. The Labute approximate surface area is 80.8 Å². The number of carbonyl (C=O) groups excluding carboxylic acids is 2. The predicted molar refractivity (Wildman–Crippen MR) is 47.0 cm³/mol. The van der Waals surface area contributed by atoms with Gasteiger partial charge in [0, 0.05) is 0 Å². The molecule has 0 atom stereocenters. The van der Waals surface area contributed by atoms with Crippen molar-refractivity contribution in [2.24, 2.45) is 5.16 Å². The Hall–Kier alpha value is -1.85. The van der Waals surface area contributed by atoms with Crippen molar-refractivity contribution in [2.75, 3.05) is 14.2 Å². The number of rotatable bonds is 3. The average molecular weight is 201 g/mol. The van der Waals surface area contributed by atoms with Crippen LogP contribution in [0.5, 0.6) is 0 Å². The van der Waals surface area contributed by atoms with Gasteiger partial charge in [-0.3, -0.25) is 0 Å². The van der Waals surface area contributed by atoms with Gasteiger partial charge in [0.2, 0.25) is 0 Å². The molecular weight excluding hydrogens is 190 g/mol.